The van der Waals surface area contributed by atoms with Crippen molar-refractivity contribution < 1.29 is 0 Å². The van der Waals surface area contributed by atoms with Crippen LogP contribution in [0.2, 0.25) is 0 Å². The summed E-state index contributed by atoms with van der Waals surface area (Å²) in [5.74, 6) is 0. The fourth-order valence-corrected chi connectivity index (χ4v) is 1.64. The molecular weight excluding hydrogens is 224 g/mol. The molecule has 1 rings (SSSR count). The third-order valence-electron chi connectivity index (χ3n) is 0.480. The maximum absolute atomic E-state index is 5.49. The Morgan fingerprint density at radius 2 is 2.57 bits per heavy atom. The molecule has 0 bridgehead atoms. The quantitative estimate of drug-likeness (QED) is 0.560. The minimum absolute atomic E-state index is 0.106. The van der Waals surface area contributed by atoms with E-state index in [2.05, 4.69) is 9.08 Å². The third-order valence-corrected chi connectivity index (χ3v) is 2.74. The Bertz CT molecular complexity index is 148. The molecule has 0 aromatic carbocycles. The van der Waals surface area contributed by atoms with Crippen molar-refractivity contribution in [2.24, 2.45) is 4.99 Å². The number of hydrogen-bond donors (Lipinski definition) is 0. The maximum atomic E-state index is 5.49. The van der Waals surface area contributed by atoms with Gasteiger partial charge in [-0.25, -0.2) is 4.99 Å². The summed E-state index contributed by atoms with van der Waals surface area (Å²) in [5, 5.41) is 0.648. The van der Waals surface area contributed by atoms with Crippen LogP contribution >= 0.6 is 32.3 Å². The zero-order valence-electron chi connectivity index (χ0n) is 3.44. The number of aliphatic imine (C=N–C) groups is 1. The monoisotopic (exact) mass is 227 g/mol. The van der Waals surface area contributed by atoms with E-state index in [4.69, 9.17) is 11.6 Å². The van der Waals surface area contributed by atoms with Crippen molar-refractivity contribution in [2.75, 3.05) is 0 Å². The molecule has 38 valence electrons. The molecule has 1 nitrogen and oxygen atoms in total. The first-order valence-corrected chi connectivity index (χ1v) is 4.60. The molecule has 0 unspecified atom stereocenters. The van der Waals surface area contributed by atoms with Crippen LogP contribution in [-0.4, -0.2) is 9.18 Å². The Labute approximate surface area is 56.8 Å². The molecule has 7 heavy (non-hydrogen) atoms. The minimum Gasteiger partial charge on any atom is -0.244 e. The van der Waals surface area contributed by atoms with E-state index in [1.165, 1.54) is 0 Å². The molecule has 3 heteroatoms. The van der Waals surface area contributed by atoms with Gasteiger partial charge in [-0.2, -0.15) is 0 Å². The fraction of sp³-hybridized carbons (Fsp3) is 0. The van der Waals surface area contributed by atoms with E-state index in [9.17, 15) is 0 Å². The van der Waals surface area contributed by atoms with Gasteiger partial charge < -0.3 is 0 Å². The molecule has 0 N–H and O–H groups in total. The standard InChI is InChI=1S/C4H3ClIN/c5-4-3-6-1-2-7-4/h1-3H. The number of halogens is 2. The highest BCUT2D eigenvalue weighted by atomic mass is 127. The van der Waals surface area contributed by atoms with Gasteiger partial charge in [-0.1, -0.05) is 32.3 Å². The average molecular weight is 227 g/mol. The molecule has 0 fully saturated rings. The van der Waals surface area contributed by atoms with Gasteiger partial charge in [0.05, 0.1) is 0 Å². The average Bonchev–Trinajstić information content (AvgIpc) is 1.69. The van der Waals surface area contributed by atoms with Crippen molar-refractivity contribution in [1.82, 2.24) is 0 Å². The summed E-state index contributed by atoms with van der Waals surface area (Å²) in [5.41, 5.74) is 0. The first kappa shape index (κ1) is 5.44. The smallest absolute Gasteiger partial charge is 0.134 e. The van der Waals surface area contributed by atoms with E-state index >= 15 is 0 Å². The summed E-state index contributed by atoms with van der Waals surface area (Å²) in [6, 6.07) is 0. The van der Waals surface area contributed by atoms with Gasteiger partial charge in [-0.3, -0.25) is 0 Å². The van der Waals surface area contributed by atoms with E-state index in [1.807, 2.05) is 4.01 Å². The molecule has 0 aromatic heterocycles. The van der Waals surface area contributed by atoms with Gasteiger partial charge in [0.25, 0.3) is 0 Å². The Morgan fingerprint density at radius 3 is 2.86 bits per heavy atom. The molecule has 1 aliphatic heterocycles. The lowest BCUT2D eigenvalue weighted by Gasteiger charge is -1.85. The van der Waals surface area contributed by atoms with Crippen molar-refractivity contribution in [2.45, 2.75) is 0 Å². The molecular formula is C4H3ClIN. The van der Waals surface area contributed by atoms with Crippen molar-refractivity contribution >= 4 is 41.5 Å². The van der Waals surface area contributed by atoms with Crippen LogP contribution in [0, 0.1) is 0 Å². The number of hydrogen-bond acceptors (Lipinski definition) is 1. The van der Waals surface area contributed by atoms with Crippen LogP contribution in [0.25, 0.3) is 0 Å². The van der Waals surface area contributed by atoms with E-state index < -0.39 is 0 Å². The largest absolute Gasteiger partial charge is 0.244 e. The van der Waals surface area contributed by atoms with E-state index in [0.29, 0.717) is 5.17 Å². The zero-order valence-corrected chi connectivity index (χ0v) is 6.35. The molecule has 0 radical (unpaired) electrons. The molecule has 0 amide bonds. The molecule has 0 spiro atoms. The summed E-state index contributed by atoms with van der Waals surface area (Å²) in [6.45, 7) is 0. The molecule has 0 saturated heterocycles. The second-order valence-corrected chi connectivity index (χ2v) is 3.41. The van der Waals surface area contributed by atoms with Crippen LogP contribution in [-0.2, 0) is 0 Å². The molecule has 0 aromatic rings. The van der Waals surface area contributed by atoms with Crippen LogP contribution in [0.4, 0.5) is 0 Å². The van der Waals surface area contributed by atoms with Crippen LogP contribution in [0.15, 0.2) is 15.3 Å². The lowest BCUT2D eigenvalue weighted by atomic mass is 10.8. The summed E-state index contributed by atoms with van der Waals surface area (Å²) in [7, 11) is 0. The highest BCUT2D eigenvalue weighted by Crippen LogP contribution is 2.04. The van der Waals surface area contributed by atoms with Gasteiger partial charge in [-0.05, 0) is 4.08 Å². The van der Waals surface area contributed by atoms with Crippen LogP contribution < -0.4 is 0 Å². The molecule has 1 heterocycles. The Morgan fingerprint density at radius 1 is 1.71 bits per heavy atom. The maximum Gasteiger partial charge on any atom is 0.134 e. The Balaban J connectivity index is 2.82. The van der Waals surface area contributed by atoms with Crippen LogP contribution in [0.5, 0.6) is 0 Å². The van der Waals surface area contributed by atoms with Crippen LogP contribution in [0.3, 0.4) is 0 Å². The fourth-order valence-electron chi connectivity index (χ4n) is 0.248. The van der Waals surface area contributed by atoms with E-state index in [0.717, 1.165) is 0 Å². The second-order valence-electron chi connectivity index (χ2n) is 0.962. The molecule has 1 aliphatic rings. The normalized spacial score (nSPS) is 18.1. The third kappa shape index (κ3) is 1.69. The van der Waals surface area contributed by atoms with Crippen molar-refractivity contribution in [1.29, 1.82) is 0 Å². The summed E-state index contributed by atoms with van der Waals surface area (Å²) in [4.78, 5) is 3.80. The molecule has 0 saturated carbocycles. The van der Waals surface area contributed by atoms with Gasteiger partial charge in [0.1, 0.15) is 5.17 Å². The van der Waals surface area contributed by atoms with Crippen LogP contribution in [0.1, 0.15) is 0 Å². The summed E-state index contributed by atoms with van der Waals surface area (Å²) >= 11 is 5.59. The van der Waals surface area contributed by atoms with Crippen molar-refractivity contribution in [3.05, 3.63) is 10.3 Å². The van der Waals surface area contributed by atoms with E-state index in [-0.39, 0.29) is 20.7 Å². The highest BCUT2D eigenvalue weighted by molar-refractivity contribution is 14.2. The molecule has 0 aliphatic carbocycles. The van der Waals surface area contributed by atoms with Gasteiger partial charge in [-0.15, -0.1) is 0 Å². The number of nitrogens with zero attached hydrogens (tertiary/aromatic N) is 1. The predicted molar refractivity (Wildman–Crippen MR) is 42.5 cm³/mol. The topological polar surface area (TPSA) is 12.4 Å². The predicted octanol–water partition coefficient (Wildman–Crippen LogP) is 1.88. The Kier molecular flexibility index (Phi) is 2.00. The van der Waals surface area contributed by atoms with Gasteiger partial charge in [0, 0.05) is 10.2 Å². The lowest BCUT2D eigenvalue weighted by Crippen LogP contribution is -1.83. The first-order chi connectivity index (χ1) is 3.39. The van der Waals surface area contributed by atoms with Crippen molar-refractivity contribution in [3.8, 4) is 0 Å². The minimum atomic E-state index is 0.106. The lowest BCUT2D eigenvalue weighted by molar-refractivity contribution is 1.63. The Hall–Kier alpha value is 0.300. The second kappa shape index (κ2) is 2.57. The highest BCUT2D eigenvalue weighted by Gasteiger charge is 1.84. The summed E-state index contributed by atoms with van der Waals surface area (Å²) in [6.07, 6.45) is 1.76. The van der Waals surface area contributed by atoms with Gasteiger partial charge in [0.15, 0.2) is 0 Å². The number of rotatable bonds is 0. The first-order valence-electron chi connectivity index (χ1n) is 1.73. The van der Waals surface area contributed by atoms with Gasteiger partial charge in [0.2, 0.25) is 0 Å². The van der Waals surface area contributed by atoms with E-state index in [1.54, 1.807) is 6.20 Å². The van der Waals surface area contributed by atoms with Crippen molar-refractivity contribution in [3.63, 3.8) is 0 Å². The zero-order chi connectivity index (χ0) is 5.11. The SMILES string of the molecule is ClC1=NC=CI=C1. The molecule has 0 atom stereocenters. The summed E-state index contributed by atoms with van der Waals surface area (Å²) < 4.78 is 4.03. The van der Waals surface area contributed by atoms with Gasteiger partial charge >= 0.3 is 0 Å².